The van der Waals surface area contributed by atoms with Gasteiger partial charge in [0.25, 0.3) is 0 Å². The predicted molar refractivity (Wildman–Crippen MR) is 392 cm³/mol. The lowest BCUT2D eigenvalue weighted by atomic mass is 9.99. The minimum absolute atomic E-state index is 0.0289. The van der Waals surface area contributed by atoms with Crippen molar-refractivity contribution in [3.8, 4) is 0 Å². The summed E-state index contributed by atoms with van der Waals surface area (Å²) in [6, 6.07) is 81.8. The van der Waals surface area contributed by atoms with Crippen LogP contribution in [-0.4, -0.2) is 54.7 Å². The first-order chi connectivity index (χ1) is 44.4. The Kier molecular flexibility index (Phi) is 37.3. The van der Waals surface area contributed by atoms with E-state index < -0.39 is 6.89 Å². The lowest BCUT2D eigenvalue weighted by Gasteiger charge is -2.31. The van der Waals surface area contributed by atoms with Crippen molar-refractivity contribution >= 4 is 52.6 Å². The molecule has 5 atom stereocenters. The Morgan fingerprint density at radius 2 is 0.685 bits per heavy atom. The maximum absolute atomic E-state index is 12.9. The van der Waals surface area contributed by atoms with Gasteiger partial charge in [-0.1, -0.05) is 325 Å². The molecule has 0 heterocycles. The van der Waals surface area contributed by atoms with E-state index in [1.54, 1.807) is 6.92 Å². The third-order valence-corrected chi connectivity index (χ3v) is 19.3. The van der Waals surface area contributed by atoms with Crippen LogP contribution >= 0.6 is 6.89 Å². The van der Waals surface area contributed by atoms with Gasteiger partial charge < -0.3 is 19.4 Å². The molecule has 0 spiro atoms. The first kappa shape index (κ1) is 77.2. The minimum Gasteiger partial charge on any atom is -0.463 e. The van der Waals surface area contributed by atoms with Crippen LogP contribution in [0.25, 0.3) is 0 Å². The van der Waals surface area contributed by atoms with Crippen molar-refractivity contribution in [2.75, 3.05) is 19.8 Å². The number of aliphatic hydroxyl groups excluding tert-OH is 1. The molecule has 0 fully saturated rings. The highest BCUT2D eigenvalue weighted by atomic mass is 31.2. The van der Waals surface area contributed by atoms with Gasteiger partial charge in [-0.3, -0.25) is 4.79 Å². The van der Waals surface area contributed by atoms with Gasteiger partial charge in [0.05, 0.1) is 19.8 Å². The van der Waals surface area contributed by atoms with E-state index in [-0.39, 0.29) is 30.4 Å². The quantitative estimate of drug-likeness (QED) is 0.0202. The molecule has 7 nitrogen and oxygen atoms in total. The second-order valence-electron chi connectivity index (χ2n) is 22.3. The molecule has 8 heteroatoms. The molecule has 92 heavy (non-hydrogen) atoms. The van der Waals surface area contributed by atoms with Crippen molar-refractivity contribution in [1.82, 2.24) is 0 Å². The van der Waals surface area contributed by atoms with Crippen LogP contribution in [0.2, 0.25) is 0 Å². The molecule has 0 bridgehead atoms. The van der Waals surface area contributed by atoms with Crippen molar-refractivity contribution in [2.24, 2.45) is 0 Å². The van der Waals surface area contributed by atoms with Gasteiger partial charge in [0.2, 0.25) is 0 Å². The number of rotatable bonds is 20. The molecule has 0 unspecified atom stereocenters. The lowest BCUT2D eigenvalue weighted by molar-refractivity contribution is -0.138. The molecule has 0 aliphatic carbocycles. The Labute approximate surface area is 552 Å². The molecular formula is C84H99O7P. The molecule has 0 saturated carbocycles. The summed E-state index contributed by atoms with van der Waals surface area (Å²) in [4.78, 5) is 45.0. The molecule has 0 aromatic heterocycles. The Morgan fingerprint density at radius 1 is 0.402 bits per heavy atom. The first-order valence-electron chi connectivity index (χ1n) is 31.8. The van der Waals surface area contributed by atoms with Gasteiger partial charge in [-0.2, -0.15) is 0 Å². The zero-order chi connectivity index (χ0) is 67.5. The van der Waals surface area contributed by atoms with Crippen LogP contribution < -0.4 is 15.9 Å². The summed E-state index contributed by atoms with van der Waals surface area (Å²) in [7, 11) is 0. The number of allylic oxidation sites excluding steroid dienone is 8. The van der Waals surface area contributed by atoms with Crippen molar-refractivity contribution in [1.29, 1.82) is 0 Å². The van der Waals surface area contributed by atoms with Crippen molar-refractivity contribution in [3.63, 3.8) is 0 Å². The lowest BCUT2D eigenvalue weighted by Crippen LogP contribution is -2.33. The highest BCUT2D eigenvalue weighted by Gasteiger charge is 2.31. The summed E-state index contributed by atoms with van der Waals surface area (Å²) in [6.07, 6.45) is 14.3. The number of carbonyl (C=O) groups excluding carboxylic acids is 4. The summed E-state index contributed by atoms with van der Waals surface area (Å²) in [5.74, 6) is 0.988. The van der Waals surface area contributed by atoms with Gasteiger partial charge in [0, 0.05) is 16.8 Å². The zero-order valence-corrected chi connectivity index (χ0v) is 57.5. The number of benzene rings is 8. The maximum atomic E-state index is 12.9. The van der Waals surface area contributed by atoms with E-state index >= 15 is 0 Å². The SMILES string of the molecule is C/C(=C\[C@H](C)c1ccccc1)CO.C/C(C=O)=C\[C@H](C)c1ccccc1.C/C=C\C(C)=C\[C@H](C)c1ccccc1.CCOC(=O)/C(C)=C/[C@H](C)c1ccccc1.CCOC(=O)C(C)=P(c1ccccc1)(c1ccccc1)c1ccccc1.C[C@@H](C=O)c1ccccc1. The number of esters is 2. The first-order valence-corrected chi connectivity index (χ1v) is 33.6. The van der Waals surface area contributed by atoms with Gasteiger partial charge in [0.15, 0.2) is 0 Å². The second-order valence-corrected chi connectivity index (χ2v) is 25.9. The zero-order valence-electron chi connectivity index (χ0n) is 56.6. The fraction of sp³-hybridized carbons (Fsp3) is 0.250. The van der Waals surface area contributed by atoms with E-state index in [2.05, 4.69) is 162 Å². The fourth-order valence-corrected chi connectivity index (χ4v) is 14.2. The van der Waals surface area contributed by atoms with Gasteiger partial charge in [-0.15, -0.1) is 0 Å². The molecule has 8 aromatic carbocycles. The van der Waals surface area contributed by atoms with Crippen LogP contribution in [0.1, 0.15) is 147 Å². The Balaban J connectivity index is 0.000000297. The molecule has 8 aromatic rings. The van der Waals surface area contributed by atoms with Crippen LogP contribution in [0.15, 0.2) is 301 Å². The van der Waals surface area contributed by atoms with E-state index in [1.807, 2.05) is 200 Å². The summed E-state index contributed by atoms with van der Waals surface area (Å²) < 4.78 is 10.4. The van der Waals surface area contributed by atoms with Crippen LogP contribution in [0.5, 0.6) is 0 Å². The van der Waals surface area contributed by atoms with E-state index in [0.29, 0.717) is 36.5 Å². The molecule has 8 rings (SSSR count). The molecule has 0 saturated heterocycles. The van der Waals surface area contributed by atoms with E-state index in [0.717, 1.165) is 50.5 Å². The normalized spacial score (nSPS) is 13.0. The molecule has 0 aliphatic rings. The third-order valence-electron chi connectivity index (χ3n) is 14.9. The smallest absolute Gasteiger partial charge is 0.334 e. The van der Waals surface area contributed by atoms with Gasteiger partial charge in [0.1, 0.15) is 12.6 Å². The largest absolute Gasteiger partial charge is 0.463 e. The van der Waals surface area contributed by atoms with Crippen LogP contribution in [0.3, 0.4) is 0 Å². The standard InChI is InChI=1S/C23H23O2P.C14H18O2.C14H18.C12H16O.C12H14O.C9H10O/c1-3-25-23(24)19(2)26(20-13-7-4-8-14-20,21-15-9-5-10-16-21)22-17-11-6-12-18-22;1-4-16-14(15)12(3)10-11(2)13-8-6-5-7-9-13;1-4-8-12(2)11-13(3)14-9-6-5-7-10-14;2*1-10(9-13)8-11(2)12-6-4-3-5-7-12;1-8(7-10)9-5-3-2-4-6-9/h4-18H,3H2,1-2H3;5-11H,4H2,1-3H3;4-11,13H,1-3H3;3-8,11,13H,9H2,1-2H3;3-9,11H,1-2H3;2-8H,1H3/b;12-10+;8-4-,12-11+;2*10-8+;/t;11-;13-;2*11-;8-/m.00000/s1. The van der Waals surface area contributed by atoms with Crippen molar-refractivity contribution in [2.45, 2.75) is 120 Å². The van der Waals surface area contributed by atoms with Crippen molar-refractivity contribution in [3.05, 3.63) is 329 Å². The molecule has 1 N–H and O–H groups in total. The third kappa shape index (κ3) is 27.2. The molecule has 482 valence electrons. The van der Waals surface area contributed by atoms with Gasteiger partial charge in [-0.25, -0.2) is 9.59 Å². The van der Waals surface area contributed by atoms with E-state index in [4.69, 9.17) is 14.6 Å². The number of hydrogen-bond donors (Lipinski definition) is 1. The number of aldehydes is 2. The van der Waals surface area contributed by atoms with E-state index in [9.17, 15) is 19.2 Å². The minimum atomic E-state index is -2.29. The summed E-state index contributed by atoms with van der Waals surface area (Å²) in [5.41, 5.74) is 9.98. The maximum Gasteiger partial charge on any atom is 0.334 e. The number of ether oxygens (including phenoxy) is 2. The molecule has 0 aliphatic heterocycles. The highest BCUT2D eigenvalue weighted by molar-refractivity contribution is 7.96. The average Bonchev–Trinajstić information content (AvgIpc) is 0.747. The molecular weight excluding hydrogens is 1150 g/mol. The van der Waals surface area contributed by atoms with Gasteiger partial charge in [-0.05, 0) is 135 Å². The Hall–Kier alpha value is -9.00. The molecule has 0 radical (unpaired) electrons. The summed E-state index contributed by atoms with van der Waals surface area (Å²) >= 11 is 0. The summed E-state index contributed by atoms with van der Waals surface area (Å²) in [6.45, 7) is 24.4. The molecule has 0 amide bonds. The topological polar surface area (TPSA) is 107 Å². The second kappa shape index (κ2) is 44.5. The fourth-order valence-electron chi connectivity index (χ4n) is 9.92. The highest BCUT2D eigenvalue weighted by Crippen LogP contribution is 2.46. The predicted octanol–water partition coefficient (Wildman–Crippen LogP) is 19.0. The van der Waals surface area contributed by atoms with E-state index in [1.165, 1.54) is 27.8 Å². The number of hydrogen-bond acceptors (Lipinski definition) is 7. The van der Waals surface area contributed by atoms with Crippen LogP contribution in [-0.2, 0) is 28.7 Å². The summed E-state index contributed by atoms with van der Waals surface area (Å²) in [5, 5.41) is 13.1. The number of carbonyl (C=O) groups is 4. The number of aliphatic hydroxyl groups is 1. The average molecular weight is 1250 g/mol. The monoisotopic (exact) mass is 1250 g/mol. The van der Waals surface area contributed by atoms with Gasteiger partial charge >= 0.3 is 11.9 Å². The van der Waals surface area contributed by atoms with Crippen LogP contribution in [0.4, 0.5) is 0 Å². The Morgan fingerprint density at radius 3 is 0.978 bits per heavy atom. The van der Waals surface area contributed by atoms with Crippen LogP contribution in [0, 0.1) is 0 Å². The van der Waals surface area contributed by atoms with Crippen molar-refractivity contribution < 1.29 is 33.8 Å². The Bertz CT molecular complexity index is 3460.